The van der Waals surface area contributed by atoms with Gasteiger partial charge in [0.2, 0.25) is 5.82 Å². The van der Waals surface area contributed by atoms with Crippen LogP contribution in [0.5, 0.6) is 11.5 Å². The lowest BCUT2D eigenvalue weighted by Crippen LogP contribution is -2.05. The van der Waals surface area contributed by atoms with Gasteiger partial charge in [0, 0.05) is 22.3 Å². The molecule has 2 N–H and O–H groups in total. The van der Waals surface area contributed by atoms with Gasteiger partial charge in [-0.15, -0.1) is 10.2 Å². The number of benzene rings is 3. The summed E-state index contributed by atoms with van der Waals surface area (Å²) in [5.41, 5.74) is 3.72. The van der Waals surface area contributed by atoms with E-state index in [2.05, 4.69) is 20.6 Å². The number of tetrazole rings is 1. The molecule has 4 rings (SSSR count). The first kappa shape index (κ1) is 22.8. The second kappa shape index (κ2) is 10.1. The molecule has 8 nitrogen and oxygen atoms in total. The van der Waals surface area contributed by atoms with Crippen LogP contribution in [-0.4, -0.2) is 37.3 Å². The second-order valence-corrected chi connectivity index (χ2v) is 7.86. The van der Waals surface area contributed by atoms with Crippen molar-refractivity contribution < 1.29 is 19.4 Å². The minimum Gasteiger partial charge on any atom is -0.507 e. The Morgan fingerprint density at radius 3 is 2.24 bits per heavy atom. The number of ketones is 2. The highest BCUT2D eigenvalue weighted by Gasteiger charge is 2.16. The van der Waals surface area contributed by atoms with Crippen LogP contribution in [0.25, 0.3) is 11.4 Å². The molecule has 1 heterocycles. The van der Waals surface area contributed by atoms with Crippen LogP contribution >= 0.6 is 0 Å². The Labute approximate surface area is 196 Å². The highest BCUT2D eigenvalue weighted by atomic mass is 16.5. The van der Waals surface area contributed by atoms with Gasteiger partial charge in [-0.3, -0.25) is 9.59 Å². The number of aromatic hydroxyl groups is 1. The summed E-state index contributed by atoms with van der Waals surface area (Å²) in [5.74, 6) is 0.809. The lowest BCUT2D eigenvalue weighted by atomic mass is 9.97. The summed E-state index contributed by atoms with van der Waals surface area (Å²) in [5, 5.41) is 24.3. The molecule has 0 bridgehead atoms. The fourth-order valence-electron chi connectivity index (χ4n) is 3.71. The van der Waals surface area contributed by atoms with Crippen LogP contribution in [0.3, 0.4) is 0 Å². The van der Waals surface area contributed by atoms with Crippen LogP contribution in [0.4, 0.5) is 0 Å². The number of hydrogen-bond acceptors (Lipinski definition) is 7. The molecule has 0 unspecified atom stereocenters. The Hall–Kier alpha value is -4.33. The molecule has 0 aliphatic carbocycles. The number of aromatic nitrogens is 4. The summed E-state index contributed by atoms with van der Waals surface area (Å²) >= 11 is 0. The quantitative estimate of drug-likeness (QED) is 0.355. The van der Waals surface area contributed by atoms with Gasteiger partial charge in [0.15, 0.2) is 11.6 Å². The number of carbonyl (C=O) groups excluding carboxylic acids is 2. The van der Waals surface area contributed by atoms with E-state index in [4.69, 9.17) is 4.74 Å². The van der Waals surface area contributed by atoms with Crippen LogP contribution in [0.15, 0.2) is 60.7 Å². The second-order valence-electron chi connectivity index (χ2n) is 7.86. The summed E-state index contributed by atoms with van der Waals surface area (Å²) in [6, 6.07) is 17.4. The number of Topliss-reactive ketones (excluding diaryl/α,β-unsaturated/α-hetero) is 1. The average Bonchev–Trinajstić information content (AvgIpc) is 3.39. The van der Waals surface area contributed by atoms with Crippen molar-refractivity contribution >= 4 is 11.6 Å². The summed E-state index contributed by atoms with van der Waals surface area (Å²) in [4.78, 5) is 24.6. The molecule has 0 saturated heterocycles. The first-order valence-corrected chi connectivity index (χ1v) is 10.9. The van der Waals surface area contributed by atoms with E-state index >= 15 is 0 Å². The van der Waals surface area contributed by atoms with Crippen LogP contribution < -0.4 is 4.74 Å². The van der Waals surface area contributed by atoms with Crippen molar-refractivity contribution in [3.63, 3.8) is 0 Å². The van der Waals surface area contributed by atoms with Crippen molar-refractivity contribution in [2.24, 2.45) is 0 Å². The zero-order chi connectivity index (χ0) is 24.1. The van der Waals surface area contributed by atoms with Gasteiger partial charge >= 0.3 is 0 Å². The first-order valence-electron chi connectivity index (χ1n) is 10.9. The van der Waals surface area contributed by atoms with Crippen molar-refractivity contribution in [1.82, 2.24) is 20.6 Å². The Balaban J connectivity index is 1.45. The number of hydrogen-bond donors (Lipinski definition) is 2. The summed E-state index contributed by atoms with van der Waals surface area (Å²) < 4.78 is 5.90. The molecule has 0 aliphatic rings. The monoisotopic (exact) mass is 456 g/mol. The average molecular weight is 457 g/mol. The standard InChI is InChI=1S/C26H24N4O4/c1-3-4-23-20(11-14-22(16(2)31)25(23)33)15-34-21-12-9-18(10-13-21)24(32)17-5-7-19(8-6-17)26-27-29-30-28-26/h5-14,33H,3-4,15H2,1-2H3,(H,27,28,29,30). The summed E-state index contributed by atoms with van der Waals surface area (Å²) in [6.45, 7) is 3.69. The molecular weight excluding hydrogens is 432 g/mol. The van der Waals surface area contributed by atoms with Crippen molar-refractivity contribution in [3.8, 4) is 22.9 Å². The Kier molecular flexibility index (Phi) is 6.77. The number of nitrogens with one attached hydrogen (secondary N) is 1. The fourth-order valence-corrected chi connectivity index (χ4v) is 3.71. The van der Waals surface area contributed by atoms with Crippen LogP contribution in [0.2, 0.25) is 0 Å². The van der Waals surface area contributed by atoms with Crippen molar-refractivity contribution in [2.75, 3.05) is 0 Å². The Bertz CT molecular complexity index is 1300. The predicted octanol–water partition coefficient (Wildman–Crippen LogP) is 4.54. The molecule has 0 atom stereocenters. The molecule has 172 valence electrons. The van der Waals surface area contributed by atoms with Crippen molar-refractivity contribution in [3.05, 3.63) is 88.5 Å². The molecule has 0 amide bonds. The number of nitrogens with zero attached hydrogens (tertiary/aromatic N) is 3. The maximum Gasteiger partial charge on any atom is 0.204 e. The number of carbonyl (C=O) groups is 2. The molecule has 34 heavy (non-hydrogen) atoms. The zero-order valence-electron chi connectivity index (χ0n) is 18.9. The van der Waals surface area contributed by atoms with Gasteiger partial charge in [-0.25, -0.2) is 0 Å². The SMILES string of the molecule is CCCc1c(COc2ccc(C(=O)c3ccc(-c4nn[nH]n4)cc3)cc2)ccc(C(C)=O)c1O. The smallest absolute Gasteiger partial charge is 0.204 e. The molecule has 0 spiro atoms. The van der Waals surface area contributed by atoms with Crippen LogP contribution in [0.1, 0.15) is 57.7 Å². The van der Waals surface area contributed by atoms with E-state index in [1.54, 1.807) is 54.6 Å². The highest BCUT2D eigenvalue weighted by molar-refractivity contribution is 6.09. The highest BCUT2D eigenvalue weighted by Crippen LogP contribution is 2.29. The molecular formula is C26H24N4O4. The molecule has 0 aliphatic heterocycles. The molecule has 1 aromatic heterocycles. The number of phenols is 1. The lowest BCUT2D eigenvalue weighted by Gasteiger charge is -2.14. The van der Waals surface area contributed by atoms with E-state index in [0.717, 1.165) is 23.1 Å². The van der Waals surface area contributed by atoms with E-state index in [1.807, 2.05) is 13.0 Å². The van der Waals surface area contributed by atoms with Gasteiger partial charge in [-0.05, 0) is 54.5 Å². The van der Waals surface area contributed by atoms with Crippen LogP contribution in [-0.2, 0) is 13.0 Å². The minimum absolute atomic E-state index is 0.0294. The van der Waals surface area contributed by atoms with E-state index in [0.29, 0.717) is 34.7 Å². The van der Waals surface area contributed by atoms with E-state index in [-0.39, 0.29) is 23.9 Å². The van der Waals surface area contributed by atoms with E-state index in [9.17, 15) is 14.7 Å². The van der Waals surface area contributed by atoms with Gasteiger partial charge in [0.1, 0.15) is 18.1 Å². The third-order valence-electron chi connectivity index (χ3n) is 5.52. The number of phenolic OH excluding ortho intramolecular Hbond substituents is 1. The molecule has 3 aromatic carbocycles. The lowest BCUT2D eigenvalue weighted by molar-refractivity contribution is 0.101. The fraction of sp³-hybridized carbons (Fsp3) is 0.192. The molecule has 0 radical (unpaired) electrons. The largest absolute Gasteiger partial charge is 0.507 e. The van der Waals surface area contributed by atoms with Gasteiger partial charge in [-0.1, -0.05) is 43.7 Å². The van der Waals surface area contributed by atoms with Crippen molar-refractivity contribution in [1.29, 1.82) is 0 Å². The minimum atomic E-state index is -0.174. The normalized spacial score (nSPS) is 10.8. The molecule has 0 saturated carbocycles. The van der Waals surface area contributed by atoms with E-state index in [1.165, 1.54) is 6.92 Å². The van der Waals surface area contributed by atoms with Gasteiger partial charge in [-0.2, -0.15) is 5.21 Å². The van der Waals surface area contributed by atoms with Gasteiger partial charge in [0.25, 0.3) is 0 Å². The third kappa shape index (κ3) is 4.85. The van der Waals surface area contributed by atoms with Gasteiger partial charge < -0.3 is 9.84 Å². The Morgan fingerprint density at radius 2 is 1.65 bits per heavy atom. The van der Waals surface area contributed by atoms with Crippen molar-refractivity contribution in [2.45, 2.75) is 33.3 Å². The molecule has 0 fully saturated rings. The van der Waals surface area contributed by atoms with Gasteiger partial charge in [0.05, 0.1) is 5.56 Å². The summed E-state index contributed by atoms with van der Waals surface area (Å²) in [7, 11) is 0. The first-order chi connectivity index (χ1) is 16.5. The number of H-pyrrole nitrogens is 1. The van der Waals surface area contributed by atoms with Crippen LogP contribution in [0, 0.1) is 0 Å². The number of aromatic amines is 1. The van der Waals surface area contributed by atoms with E-state index < -0.39 is 0 Å². The topological polar surface area (TPSA) is 118 Å². The third-order valence-corrected chi connectivity index (χ3v) is 5.52. The molecule has 4 aromatic rings. The summed E-state index contributed by atoms with van der Waals surface area (Å²) in [6.07, 6.45) is 1.47. The predicted molar refractivity (Wildman–Crippen MR) is 126 cm³/mol. The zero-order valence-corrected chi connectivity index (χ0v) is 18.9. The maximum atomic E-state index is 12.8. The maximum absolute atomic E-state index is 12.8. The number of ether oxygens (including phenoxy) is 1. The molecule has 8 heteroatoms. The number of rotatable bonds is 9. The Morgan fingerprint density at radius 1 is 0.971 bits per heavy atom.